The highest BCUT2D eigenvalue weighted by atomic mass is 31.1. The number of rotatable bonds is 4. The second-order valence-corrected chi connectivity index (χ2v) is 12.3. The van der Waals surface area contributed by atoms with E-state index in [2.05, 4.69) is 139 Å². The van der Waals surface area contributed by atoms with Crippen LogP contribution in [0.2, 0.25) is 0 Å². The van der Waals surface area contributed by atoms with Gasteiger partial charge in [-0.05, 0) is 70.1 Å². The van der Waals surface area contributed by atoms with Gasteiger partial charge in [0, 0.05) is 22.9 Å². The van der Waals surface area contributed by atoms with E-state index in [9.17, 15) is 0 Å². The van der Waals surface area contributed by atoms with Gasteiger partial charge >= 0.3 is 8.16 Å². The maximum absolute atomic E-state index is 7.10. The molecule has 41 heavy (non-hydrogen) atoms. The Kier molecular flexibility index (Phi) is 5.95. The van der Waals surface area contributed by atoms with Crippen LogP contribution in [0.25, 0.3) is 43.5 Å². The summed E-state index contributed by atoms with van der Waals surface area (Å²) in [7, 11) is -1.51. The van der Waals surface area contributed by atoms with Crippen LogP contribution in [-0.4, -0.2) is 0 Å². The Morgan fingerprint density at radius 1 is 0.634 bits per heavy atom. The van der Waals surface area contributed by atoms with Crippen LogP contribution >= 0.6 is 8.16 Å². The van der Waals surface area contributed by atoms with Crippen molar-refractivity contribution in [1.29, 1.82) is 0 Å². The van der Waals surface area contributed by atoms with E-state index in [0.29, 0.717) is 0 Å². The van der Waals surface area contributed by atoms with Crippen molar-refractivity contribution in [2.45, 2.75) is 31.8 Å². The van der Waals surface area contributed by atoms with Crippen molar-refractivity contribution in [1.82, 2.24) is 0 Å². The Balaban J connectivity index is 1.49. The van der Waals surface area contributed by atoms with E-state index >= 15 is 0 Å². The first-order valence-corrected chi connectivity index (χ1v) is 15.5. The molecule has 8 rings (SSSR count). The molecule has 0 bridgehead atoms. The van der Waals surface area contributed by atoms with Crippen molar-refractivity contribution in [2.75, 3.05) is 4.67 Å². The number of fused-ring (bicyclic) bond motifs is 8. The van der Waals surface area contributed by atoms with Gasteiger partial charge in [0.15, 0.2) is 0 Å². The lowest BCUT2D eigenvalue weighted by atomic mass is 9.99. The highest BCUT2D eigenvalue weighted by Crippen LogP contribution is 2.50. The van der Waals surface area contributed by atoms with Crippen molar-refractivity contribution < 1.29 is 8.39 Å². The minimum Gasteiger partial charge on any atom is -0.408 e. The molecule has 1 aromatic heterocycles. The third kappa shape index (κ3) is 4.08. The summed E-state index contributed by atoms with van der Waals surface area (Å²) in [5.41, 5.74) is 5.81. The van der Waals surface area contributed by atoms with Gasteiger partial charge in [0.1, 0.15) is 11.2 Å². The molecule has 0 aliphatic heterocycles. The molecule has 7 aromatic rings. The molecule has 0 radical (unpaired) electrons. The molecule has 1 aliphatic rings. The zero-order valence-electron chi connectivity index (χ0n) is 22.9. The molecule has 6 aromatic carbocycles. The zero-order chi connectivity index (χ0) is 27.3. The van der Waals surface area contributed by atoms with Crippen molar-refractivity contribution in [3.63, 3.8) is 0 Å². The summed E-state index contributed by atoms with van der Waals surface area (Å²) in [6.45, 7) is 2.29. The van der Waals surface area contributed by atoms with Crippen LogP contribution < -0.4 is 4.67 Å². The molecule has 200 valence electrons. The Morgan fingerprint density at radius 2 is 1.20 bits per heavy atom. The minimum atomic E-state index is -1.51. The maximum Gasteiger partial charge on any atom is 0.310 e. The lowest BCUT2D eigenvalue weighted by molar-refractivity contribution is 0.536. The summed E-state index contributed by atoms with van der Waals surface area (Å²) < 4.78 is 16.7. The molecule has 1 heterocycles. The predicted molar refractivity (Wildman–Crippen MR) is 172 cm³/mol. The van der Waals surface area contributed by atoms with Crippen molar-refractivity contribution in [3.8, 4) is 0 Å². The Morgan fingerprint density at radius 3 is 1.85 bits per heavy atom. The van der Waals surface area contributed by atoms with Gasteiger partial charge in [0.25, 0.3) is 0 Å². The van der Waals surface area contributed by atoms with Gasteiger partial charge in [-0.15, -0.1) is 0 Å². The molecular weight excluding hydrogens is 521 g/mol. The molecule has 0 fully saturated rings. The van der Waals surface area contributed by atoms with Crippen LogP contribution in [-0.2, 0) is 6.42 Å². The van der Waals surface area contributed by atoms with Gasteiger partial charge in [0.2, 0.25) is 0 Å². The van der Waals surface area contributed by atoms with Gasteiger partial charge in [0.05, 0.1) is 0 Å². The van der Waals surface area contributed by atoms with E-state index in [-0.39, 0.29) is 12.1 Å². The first kappa shape index (κ1) is 24.5. The zero-order valence-corrected chi connectivity index (χ0v) is 23.8. The molecular formula is C37H30NO2P. The largest absolute Gasteiger partial charge is 0.408 e. The van der Waals surface area contributed by atoms with E-state index in [1.54, 1.807) is 0 Å². The summed E-state index contributed by atoms with van der Waals surface area (Å²) in [5.74, 6) is 0. The third-order valence-electron chi connectivity index (χ3n) is 8.67. The number of aryl methyl sites for hydroxylation is 1. The molecule has 4 heteroatoms. The molecule has 2 atom stereocenters. The SMILES string of the molecule is C[C@H](c1ccccc1)N(C1CCc2ccccc21)p1oc2ccc3ccccc3c2c2c(ccc3ccccc32)o1. The fourth-order valence-electron chi connectivity index (χ4n) is 6.67. The number of nitrogens with zero attached hydrogens (tertiary/aromatic N) is 1. The quantitative estimate of drug-likeness (QED) is 0.218. The smallest absolute Gasteiger partial charge is 0.310 e. The summed E-state index contributed by atoms with van der Waals surface area (Å²) in [6.07, 6.45) is 2.10. The average Bonchev–Trinajstić information content (AvgIpc) is 3.36. The van der Waals surface area contributed by atoms with E-state index in [1.165, 1.54) is 38.2 Å². The first-order chi connectivity index (χ1) is 20.3. The van der Waals surface area contributed by atoms with Crippen LogP contribution in [0.4, 0.5) is 0 Å². The van der Waals surface area contributed by atoms with Crippen molar-refractivity contribution in [3.05, 3.63) is 144 Å². The standard InChI is InChI=1S/C37H30NO2P/c1-25(26-11-3-2-4-12-26)38(33-22-19-27-13-5-8-16-30(27)33)41-39-34-23-20-28-14-6-9-17-31(28)36(34)37-32-18-10-7-15-29(32)21-24-35(37)40-41/h2-18,20-21,23-25,33H,19,22H2,1H3/t25-,33?/m1/s1. The second kappa shape index (κ2) is 9.96. The highest BCUT2D eigenvalue weighted by Gasteiger charge is 2.35. The molecule has 0 N–H and O–H groups in total. The van der Waals surface area contributed by atoms with Crippen LogP contribution in [0.3, 0.4) is 0 Å². The summed E-state index contributed by atoms with van der Waals surface area (Å²) >= 11 is 0. The Labute approximate surface area is 240 Å². The van der Waals surface area contributed by atoms with Crippen molar-refractivity contribution in [2.24, 2.45) is 0 Å². The molecule has 0 amide bonds. The van der Waals surface area contributed by atoms with Gasteiger partial charge in [-0.3, -0.25) is 0 Å². The third-order valence-corrected chi connectivity index (χ3v) is 10.4. The van der Waals surface area contributed by atoms with E-state index in [4.69, 9.17) is 8.39 Å². The molecule has 1 unspecified atom stereocenters. The van der Waals surface area contributed by atoms with Crippen LogP contribution in [0.1, 0.15) is 42.1 Å². The second-order valence-electron chi connectivity index (χ2n) is 11.0. The van der Waals surface area contributed by atoms with E-state index in [0.717, 1.165) is 34.8 Å². The van der Waals surface area contributed by atoms with E-state index in [1.807, 2.05) is 0 Å². The van der Waals surface area contributed by atoms with Crippen LogP contribution in [0, 0.1) is 0 Å². The topological polar surface area (TPSA) is 29.5 Å². The van der Waals surface area contributed by atoms with Crippen LogP contribution in [0.15, 0.2) is 136 Å². The monoisotopic (exact) mass is 551 g/mol. The van der Waals surface area contributed by atoms with Crippen LogP contribution in [0.5, 0.6) is 0 Å². The number of hydrogen-bond acceptors (Lipinski definition) is 3. The van der Waals surface area contributed by atoms with E-state index < -0.39 is 8.16 Å². The predicted octanol–water partition coefficient (Wildman–Crippen LogP) is 11.0. The Hall–Kier alpha value is -4.30. The van der Waals surface area contributed by atoms with Gasteiger partial charge in [-0.2, -0.15) is 4.67 Å². The molecule has 3 nitrogen and oxygen atoms in total. The first-order valence-electron chi connectivity index (χ1n) is 14.4. The molecule has 0 spiro atoms. The summed E-state index contributed by atoms with van der Waals surface area (Å²) in [6, 6.07) is 45.7. The maximum atomic E-state index is 7.10. The fraction of sp³-hybridized carbons (Fsp3) is 0.135. The van der Waals surface area contributed by atoms with Gasteiger partial charge in [-0.1, -0.05) is 115 Å². The van der Waals surface area contributed by atoms with Gasteiger partial charge < -0.3 is 8.39 Å². The molecule has 0 saturated carbocycles. The van der Waals surface area contributed by atoms with Gasteiger partial charge in [-0.25, -0.2) is 0 Å². The number of benzene rings is 6. The fourth-order valence-corrected chi connectivity index (χ4v) is 8.42. The lowest BCUT2D eigenvalue weighted by Gasteiger charge is -2.32. The van der Waals surface area contributed by atoms with Crippen molar-refractivity contribution >= 4 is 51.6 Å². The average molecular weight is 552 g/mol. The molecule has 1 aliphatic carbocycles. The summed E-state index contributed by atoms with van der Waals surface area (Å²) in [5, 5.41) is 6.96. The number of hydrogen-bond donors (Lipinski definition) is 0. The minimum absolute atomic E-state index is 0.0874. The lowest BCUT2D eigenvalue weighted by Crippen LogP contribution is -2.27. The summed E-state index contributed by atoms with van der Waals surface area (Å²) in [4.78, 5) is 0. The highest BCUT2D eigenvalue weighted by molar-refractivity contribution is 7.39. The molecule has 0 saturated heterocycles. The normalized spacial score (nSPS) is 15.6. The Bertz CT molecular complexity index is 2000.